The van der Waals surface area contributed by atoms with Gasteiger partial charge in [-0.25, -0.2) is 9.97 Å². The summed E-state index contributed by atoms with van der Waals surface area (Å²) in [5, 5.41) is 5.01. The number of ether oxygens (including phenoxy) is 1. The topological polar surface area (TPSA) is 86.0 Å². The molecule has 3 aromatic rings. The largest absolute Gasteiger partial charge is 0.383 e. The first-order valence-corrected chi connectivity index (χ1v) is 9.50. The van der Waals surface area contributed by atoms with E-state index in [-0.39, 0.29) is 5.91 Å². The smallest absolute Gasteiger partial charge is 0.280 e. The Kier molecular flexibility index (Phi) is 4.71. The monoisotopic (exact) mass is 384 g/mol. The van der Waals surface area contributed by atoms with Gasteiger partial charge in [0.1, 0.15) is 5.69 Å². The SMILES string of the molecule is COCCN(C(=O)c1cnc(C)cn1)c1nc2c(s1)CCc1c-2cnn1C. The lowest BCUT2D eigenvalue weighted by atomic mass is 10.0. The van der Waals surface area contributed by atoms with Crippen LogP contribution in [0.4, 0.5) is 5.13 Å². The van der Waals surface area contributed by atoms with Gasteiger partial charge in [-0.05, 0) is 19.8 Å². The third-order valence-electron chi connectivity index (χ3n) is 4.59. The van der Waals surface area contributed by atoms with Crippen LogP contribution >= 0.6 is 11.3 Å². The van der Waals surface area contributed by atoms with Gasteiger partial charge >= 0.3 is 0 Å². The van der Waals surface area contributed by atoms with Gasteiger partial charge in [0.2, 0.25) is 0 Å². The first-order chi connectivity index (χ1) is 13.1. The Morgan fingerprint density at radius 2 is 2.15 bits per heavy atom. The van der Waals surface area contributed by atoms with Crippen LogP contribution in [0.3, 0.4) is 0 Å². The summed E-state index contributed by atoms with van der Waals surface area (Å²) in [5.74, 6) is -0.225. The number of aromatic nitrogens is 5. The van der Waals surface area contributed by atoms with Crippen molar-refractivity contribution in [3.8, 4) is 11.3 Å². The van der Waals surface area contributed by atoms with E-state index in [0.717, 1.165) is 29.8 Å². The molecule has 27 heavy (non-hydrogen) atoms. The number of methoxy groups -OCH3 is 1. The normalized spacial score (nSPS) is 12.6. The third kappa shape index (κ3) is 3.24. The van der Waals surface area contributed by atoms with Crippen molar-refractivity contribution in [3.05, 3.63) is 40.5 Å². The van der Waals surface area contributed by atoms with Crippen molar-refractivity contribution in [1.29, 1.82) is 0 Å². The Bertz CT molecular complexity index is 978. The van der Waals surface area contributed by atoms with E-state index in [0.29, 0.717) is 24.0 Å². The number of nitrogens with zero attached hydrogens (tertiary/aromatic N) is 6. The molecule has 0 bridgehead atoms. The summed E-state index contributed by atoms with van der Waals surface area (Å²) in [4.78, 5) is 29.0. The number of carbonyl (C=O) groups is 1. The molecule has 0 radical (unpaired) electrons. The molecule has 0 unspecified atom stereocenters. The lowest BCUT2D eigenvalue weighted by molar-refractivity contribution is 0.0970. The van der Waals surface area contributed by atoms with Crippen molar-refractivity contribution in [2.24, 2.45) is 7.05 Å². The number of carbonyl (C=O) groups excluding carboxylic acids is 1. The molecule has 0 spiro atoms. The number of hydrogen-bond donors (Lipinski definition) is 0. The standard InChI is InChI=1S/C18H20N6O2S/c1-11-8-20-13(10-19-11)17(25)24(6-7-26-3)18-22-16-12-9-21-23(2)14(12)4-5-15(16)27-18/h8-10H,4-7H2,1-3H3. The highest BCUT2D eigenvalue weighted by molar-refractivity contribution is 7.16. The minimum absolute atomic E-state index is 0.225. The predicted molar refractivity (Wildman–Crippen MR) is 102 cm³/mol. The van der Waals surface area contributed by atoms with E-state index in [1.54, 1.807) is 29.5 Å². The van der Waals surface area contributed by atoms with Crippen LogP contribution in [0.1, 0.15) is 26.8 Å². The summed E-state index contributed by atoms with van der Waals surface area (Å²) in [7, 11) is 3.56. The van der Waals surface area contributed by atoms with Gasteiger partial charge < -0.3 is 4.74 Å². The fourth-order valence-electron chi connectivity index (χ4n) is 3.13. The van der Waals surface area contributed by atoms with Crippen molar-refractivity contribution >= 4 is 22.4 Å². The molecule has 0 fully saturated rings. The highest BCUT2D eigenvalue weighted by atomic mass is 32.1. The van der Waals surface area contributed by atoms with Gasteiger partial charge in [0.15, 0.2) is 5.13 Å². The van der Waals surface area contributed by atoms with Gasteiger partial charge in [0.25, 0.3) is 5.91 Å². The molecule has 3 aromatic heterocycles. The quantitative estimate of drug-likeness (QED) is 0.669. The molecule has 8 nitrogen and oxygen atoms in total. The van der Waals surface area contributed by atoms with Crippen LogP contribution in [0.2, 0.25) is 0 Å². The summed E-state index contributed by atoms with van der Waals surface area (Å²) in [6.45, 7) is 2.65. The number of amides is 1. The lowest BCUT2D eigenvalue weighted by Crippen LogP contribution is -2.34. The van der Waals surface area contributed by atoms with Gasteiger partial charge in [0.05, 0.1) is 36.9 Å². The van der Waals surface area contributed by atoms with Crippen LogP contribution in [0.25, 0.3) is 11.3 Å². The van der Waals surface area contributed by atoms with E-state index < -0.39 is 0 Å². The first-order valence-electron chi connectivity index (χ1n) is 8.69. The van der Waals surface area contributed by atoms with Gasteiger partial charge in [-0.1, -0.05) is 0 Å². The minimum atomic E-state index is -0.225. The second kappa shape index (κ2) is 7.16. The molecule has 4 rings (SSSR count). The highest BCUT2D eigenvalue weighted by Gasteiger charge is 2.28. The predicted octanol–water partition coefficient (Wildman–Crippen LogP) is 2.03. The van der Waals surface area contributed by atoms with Gasteiger partial charge in [-0.15, -0.1) is 11.3 Å². The molecule has 0 N–H and O–H groups in total. The van der Waals surface area contributed by atoms with Crippen LogP contribution in [0.15, 0.2) is 18.6 Å². The summed E-state index contributed by atoms with van der Waals surface area (Å²) in [6.07, 6.45) is 6.77. The van der Waals surface area contributed by atoms with Crippen LogP contribution in [0, 0.1) is 6.92 Å². The Morgan fingerprint density at radius 1 is 1.30 bits per heavy atom. The third-order valence-corrected chi connectivity index (χ3v) is 5.72. The number of fused-ring (bicyclic) bond motifs is 3. The minimum Gasteiger partial charge on any atom is -0.383 e. The molecule has 0 aliphatic heterocycles. The van der Waals surface area contributed by atoms with Gasteiger partial charge in [-0.2, -0.15) is 5.10 Å². The van der Waals surface area contributed by atoms with Gasteiger partial charge in [0, 0.05) is 36.5 Å². The molecule has 0 saturated heterocycles. The van der Waals surface area contributed by atoms with Crippen LogP contribution in [-0.2, 0) is 24.6 Å². The van der Waals surface area contributed by atoms with Crippen LogP contribution in [0.5, 0.6) is 0 Å². The van der Waals surface area contributed by atoms with E-state index in [1.807, 2.05) is 24.9 Å². The summed E-state index contributed by atoms with van der Waals surface area (Å²) < 4.78 is 7.09. The second-order valence-corrected chi connectivity index (χ2v) is 7.45. The molecular formula is C18H20N6O2S. The average Bonchev–Trinajstić information content (AvgIpc) is 3.26. The van der Waals surface area contributed by atoms with Crippen molar-refractivity contribution in [3.63, 3.8) is 0 Å². The highest BCUT2D eigenvalue weighted by Crippen LogP contribution is 2.39. The maximum Gasteiger partial charge on any atom is 0.280 e. The van der Waals surface area contributed by atoms with Crippen LogP contribution in [-0.4, -0.2) is 50.9 Å². The zero-order valence-electron chi connectivity index (χ0n) is 15.5. The zero-order valence-corrected chi connectivity index (χ0v) is 16.3. The summed E-state index contributed by atoms with van der Waals surface area (Å²) in [6, 6.07) is 0. The Balaban J connectivity index is 1.71. The average molecular weight is 384 g/mol. The number of anilines is 1. The molecule has 140 valence electrons. The number of rotatable bonds is 5. The molecule has 1 aliphatic rings. The first kappa shape index (κ1) is 17.7. The maximum absolute atomic E-state index is 13.0. The lowest BCUT2D eigenvalue weighted by Gasteiger charge is -2.18. The summed E-state index contributed by atoms with van der Waals surface area (Å²) >= 11 is 1.55. The Labute approximate surface area is 160 Å². The van der Waals surface area contributed by atoms with Crippen molar-refractivity contribution in [2.75, 3.05) is 25.2 Å². The fraction of sp³-hybridized carbons (Fsp3) is 0.389. The molecule has 9 heteroatoms. The Morgan fingerprint density at radius 3 is 2.89 bits per heavy atom. The van der Waals surface area contributed by atoms with E-state index in [2.05, 4.69) is 15.1 Å². The molecule has 0 aromatic carbocycles. The van der Waals surface area contributed by atoms with E-state index in [9.17, 15) is 4.79 Å². The van der Waals surface area contributed by atoms with Crippen molar-refractivity contribution in [1.82, 2.24) is 24.7 Å². The number of aryl methyl sites for hydroxylation is 3. The molecule has 1 amide bonds. The molecule has 3 heterocycles. The second-order valence-electron chi connectivity index (χ2n) is 6.39. The fourth-order valence-corrected chi connectivity index (χ4v) is 4.23. The van der Waals surface area contributed by atoms with E-state index in [1.165, 1.54) is 16.8 Å². The molecular weight excluding hydrogens is 364 g/mol. The molecule has 0 saturated carbocycles. The zero-order chi connectivity index (χ0) is 19.0. The van der Waals surface area contributed by atoms with E-state index in [4.69, 9.17) is 9.72 Å². The summed E-state index contributed by atoms with van der Waals surface area (Å²) in [5.41, 5.74) is 4.22. The van der Waals surface area contributed by atoms with Crippen molar-refractivity contribution in [2.45, 2.75) is 19.8 Å². The number of thiazole rings is 1. The molecule has 0 atom stereocenters. The van der Waals surface area contributed by atoms with Gasteiger partial charge in [-0.3, -0.25) is 19.4 Å². The maximum atomic E-state index is 13.0. The van der Waals surface area contributed by atoms with E-state index >= 15 is 0 Å². The molecule has 1 aliphatic carbocycles. The van der Waals surface area contributed by atoms with Crippen LogP contribution < -0.4 is 4.90 Å². The van der Waals surface area contributed by atoms with Crippen molar-refractivity contribution < 1.29 is 9.53 Å². The Hall–Kier alpha value is -2.65. The number of hydrogen-bond acceptors (Lipinski definition) is 7.